The second-order valence-electron chi connectivity index (χ2n) is 3.71. The number of ether oxygens (including phenoxy) is 2. The van der Waals surface area contributed by atoms with Crippen molar-refractivity contribution in [3.05, 3.63) is 35.9 Å². The first kappa shape index (κ1) is 16.0. The second kappa shape index (κ2) is 6.91. The molecule has 0 radical (unpaired) electrons. The average Bonchev–Trinajstić information content (AvgIpc) is 2.33. The number of alkyl halides is 4. The number of hydrogen-bond acceptors (Lipinski definition) is 3. The topological polar surface area (TPSA) is 35.5 Å². The van der Waals surface area contributed by atoms with Crippen molar-refractivity contribution in [2.24, 2.45) is 0 Å². The maximum absolute atomic E-state index is 12.4. The Hall–Kier alpha value is -1.08. The van der Waals surface area contributed by atoms with Crippen molar-refractivity contribution >= 4 is 21.9 Å². The van der Waals surface area contributed by atoms with Gasteiger partial charge >= 0.3 is 12.3 Å². The monoisotopic (exact) mass is 340 g/mol. The molecule has 3 nitrogen and oxygen atoms in total. The number of halogens is 4. The van der Waals surface area contributed by atoms with Crippen molar-refractivity contribution in [1.82, 2.24) is 0 Å². The van der Waals surface area contributed by atoms with Crippen molar-refractivity contribution in [2.45, 2.75) is 24.2 Å². The van der Waals surface area contributed by atoms with Crippen molar-refractivity contribution in [1.29, 1.82) is 0 Å². The SMILES string of the molecule is CC(=O)OC[C@@H](Br)[C@@H](OC(F)(F)F)c1ccccc1. The number of carbonyl (C=O) groups is 1. The van der Waals surface area contributed by atoms with Crippen LogP contribution in [-0.4, -0.2) is 23.8 Å². The van der Waals surface area contributed by atoms with Crippen LogP contribution in [0, 0.1) is 0 Å². The van der Waals surface area contributed by atoms with E-state index in [4.69, 9.17) is 0 Å². The molecule has 0 saturated carbocycles. The number of benzene rings is 1. The van der Waals surface area contributed by atoms with Gasteiger partial charge in [-0.3, -0.25) is 9.53 Å². The molecule has 0 aliphatic rings. The molecule has 0 aliphatic heterocycles. The summed E-state index contributed by atoms with van der Waals surface area (Å²) in [6, 6.07) is 7.92. The molecule has 2 atom stereocenters. The molecule has 0 fully saturated rings. The van der Waals surface area contributed by atoms with E-state index >= 15 is 0 Å². The summed E-state index contributed by atoms with van der Waals surface area (Å²) >= 11 is 3.06. The van der Waals surface area contributed by atoms with Crippen molar-refractivity contribution in [2.75, 3.05) is 6.61 Å². The second-order valence-corrected chi connectivity index (χ2v) is 4.89. The maximum atomic E-state index is 12.4. The zero-order valence-electron chi connectivity index (χ0n) is 9.99. The van der Waals surface area contributed by atoms with E-state index in [-0.39, 0.29) is 6.61 Å². The van der Waals surface area contributed by atoms with Gasteiger partial charge in [-0.1, -0.05) is 46.3 Å². The van der Waals surface area contributed by atoms with Crippen LogP contribution in [0.25, 0.3) is 0 Å². The van der Waals surface area contributed by atoms with Crippen LogP contribution in [0.4, 0.5) is 13.2 Å². The van der Waals surface area contributed by atoms with E-state index in [9.17, 15) is 18.0 Å². The van der Waals surface area contributed by atoms with Crippen molar-refractivity contribution in [3.8, 4) is 0 Å². The summed E-state index contributed by atoms with van der Waals surface area (Å²) in [5.74, 6) is -0.566. The van der Waals surface area contributed by atoms with Gasteiger partial charge in [-0.15, -0.1) is 13.2 Å². The van der Waals surface area contributed by atoms with Crippen molar-refractivity contribution < 1.29 is 27.4 Å². The van der Waals surface area contributed by atoms with Gasteiger partial charge in [0, 0.05) is 6.92 Å². The van der Waals surface area contributed by atoms with E-state index in [0.717, 1.165) is 0 Å². The van der Waals surface area contributed by atoms with E-state index in [2.05, 4.69) is 25.4 Å². The highest BCUT2D eigenvalue weighted by atomic mass is 79.9. The fraction of sp³-hybridized carbons (Fsp3) is 0.417. The predicted molar refractivity (Wildman–Crippen MR) is 65.7 cm³/mol. The fourth-order valence-corrected chi connectivity index (χ4v) is 1.97. The van der Waals surface area contributed by atoms with E-state index in [0.29, 0.717) is 5.56 Å². The molecule has 106 valence electrons. The summed E-state index contributed by atoms with van der Waals surface area (Å²) in [5.41, 5.74) is 0.342. The average molecular weight is 341 g/mol. The van der Waals surface area contributed by atoms with Crippen molar-refractivity contribution in [3.63, 3.8) is 0 Å². The molecule has 0 N–H and O–H groups in total. The lowest BCUT2D eigenvalue weighted by molar-refractivity contribution is -0.344. The molecule has 0 aromatic heterocycles. The Morgan fingerprint density at radius 3 is 2.37 bits per heavy atom. The van der Waals surface area contributed by atoms with Gasteiger partial charge in [-0.2, -0.15) is 0 Å². The zero-order chi connectivity index (χ0) is 14.5. The van der Waals surface area contributed by atoms with Gasteiger partial charge in [0.15, 0.2) is 0 Å². The van der Waals surface area contributed by atoms with Gasteiger partial charge in [0.2, 0.25) is 0 Å². The lowest BCUT2D eigenvalue weighted by atomic mass is 10.1. The summed E-state index contributed by atoms with van der Waals surface area (Å²) < 4.78 is 46.0. The van der Waals surface area contributed by atoms with Gasteiger partial charge in [0.1, 0.15) is 12.7 Å². The minimum absolute atomic E-state index is 0.217. The third-order valence-corrected chi connectivity index (χ3v) is 2.91. The molecule has 7 heteroatoms. The van der Waals surface area contributed by atoms with E-state index in [1.165, 1.54) is 19.1 Å². The predicted octanol–water partition coefficient (Wildman–Crippen LogP) is 3.59. The third-order valence-electron chi connectivity index (χ3n) is 2.16. The zero-order valence-corrected chi connectivity index (χ0v) is 11.6. The largest absolute Gasteiger partial charge is 0.523 e. The van der Waals surface area contributed by atoms with Crippen LogP contribution < -0.4 is 0 Å². The standard InChI is InChI=1S/C12H12BrF3O3/c1-8(17)18-7-10(13)11(19-12(14,15)16)9-5-3-2-4-6-9/h2-6,10-11H,7H2,1H3/t10-,11+/m1/s1. The first-order valence-electron chi connectivity index (χ1n) is 5.36. The lowest BCUT2D eigenvalue weighted by Gasteiger charge is -2.24. The molecule has 1 aromatic rings. The summed E-state index contributed by atoms with van der Waals surface area (Å²) in [4.78, 5) is 9.88. The van der Waals surface area contributed by atoms with Crippen LogP contribution in [0.2, 0.25) is 0 Å². The Kier molecular flexibility index (Phi) is 5.81. The molecule has 0 bridgehead atoms. The number of esters is 1. The van der Waals surface area contributed by atoms with Gasteiger partial charge in [0.05, 0.1) is 4.83 Å². The summed E-state index contributed by atoms with van der Waals surface area (Å²) in [5, 5.41) is 0. The lowest BCUT2D eigenvalue weighted by Crippen LogP contribution is -2.27. The quantitative estimate of drug-likeness (QED) is 0.607. The molecule has 1 aromatic carbocycles. The minimum Gasteiger partial charge on any atom is -0.465 e. The smallest absolute Gasteiger partial charge is 0.465 e. The summed E-state index contributed by atoms with van der Waals surface area (Å²) in [6.07, 6.45) is -6.07. The van der Waals surface area contributed by atoms with E-state index < -0.39 is 23.3 Å². The summed E-state index contributed by atoms with van der Waals surface area (Å²) in [6.45, 7) is 0.965. The maximum Gasteiger partial charge on any atom is 0.523 e. The van der Waals surface area contributed by atoms with Crippen LogP contribution in [0.15, 0.2) is 30.3 Å². The molecule has 1 rings (SSSR count). The first-order valence-corrected chi connectivity index (χ1v) is 6.28. The number of hydrogen-bond donors (Lipinski definition) is 0. The van der Waals surface area contributed by atoms with E-state index in [1.54, 1.807) is 18.2 Å². The Morgan fingerprint density at radius 1 is 1.32 bits per heavy atom. The minimum atomic E-state index is -4.78. The highest BCUT2D eigenvalue weighted by Crippen LogP contribution is 2.33. The third kappa shape index (κ3) is 6.07. The molecule has 0 unspecified atom stereocenters. The number of rotatable bonds is 5. The van der Waals surface area contributed by atoms with Gasteiger partial charge in [0.25, 0.3) is 0 Å². The van der Waals surface area contributed by atoms with Crippen LogP contribution in [0.3, 0.4) is 0 Å². The molecular formula is C12H12BrF3O3. The van der Waals surface area contributed by atoms with Crippen LogP contribution in [-0.2, 0) is 14.3 Å². The Balaban J connectivity index is 2.83. The molecule has 0 spiro atoms. The van der Waals surface area contributed by atoms with Gasteiger partial charge in [-0.25, -0.2) is 0 Å². The molecule has 0 amide bonds. The molecule has 19 heavy (non-hydrogen) atoms. The fourth-order valence-electron chi connectivity index (χ4n) is 1.42. The molecule has 0 saturated heterocycles. The van der Waals surface area contributed by atoms with Crippen LogP contribution in [0.1, 0.15) is 18.6 Å². The highest BCUT2D eigenvalue weighted by Gasteiger charge is 2.37. The Morgan fingerprint density at radius 2 is 1.89 bits per heavy atom. The first-order chi connectivity index (χ1) is 8.79. The van der Waals surface area contributed by atoms with Gasteiger partial charge in [-0.05, 0) is 5.56 Å². The normalized spacial score (nSPS) is 14.8. The molecular weight excluding hydrogens is 329 g/mol. The molecule has 0 aliphatic carbocycles. The highest BCUT2D eigenvalue weighted by molar-refractivity contribution is 9.09. The number of carbonyl (C=O) groups excluding carboxylic acids is 1. The summed E-state index contributed by atoms with van der Waals surface area (Å²) in [7, 11) is 0. The molecule has 0 heterocycles. The Bertz CT molecular complexity index is 408. The van der Waals surface area contributed by atoms with Gasteiger partial charge < -0.3 is 4.74 Å². The Labute approximate surface area is 116 Å². The van der Waals surface area contributed by atoms with Crippen LogP contribution >= 0.6 is 15.9 Å². The van der Waals surface area contributed by atoms with Crippen LogP contribution in [0.5, 0.6) is 0 Å². The van der Waals surface area contributed by atoms with E-state index in [1.807, 2.05) is 0 Å².